The third kappa shape index (κ3) is 3.99. The molecule has 0 spiro atoms. The molecule has 154 valence electrons. The molecule has 0 bridgehead atoms. The van der Waals surface area contributed by atoms with Gasteiger partial charge in [-0.25, -0.2) is 13.2 Å². The maximum Gasteiger partial charge on any atom is 0.342 e. The van der Waals surface area contributed by atoms with Crippen LogP contribution in [0.25, 0.3) is 11.0 Å². The second kappa shape index (κ2) is 7.88. The number of furan rings is 1. The molecule has 0 atom stereocenters. The van der Waals surface area contributed by atoms with Gasteiger partial charge in [0.1, 0.15) is 23.5 Å². The van der Waals surface area contributed by atoms with E-state index in [1.807, 2.05) is 19.9 Å². The number of rotatable bonds is 6. The summed E-state index contributed by atoms with van der Waals surface area (Å²) in [6.45, 7) is 5.64. The first kappa shape index (κ1) is 20.9. The monoisotopic (exact) mass is 417 g/mol. The highest BCUT2D eigenvalue weighted by molar-refractivity contribution is 7.92. The van der Waals surface area contributed by atoms with Gasteiger partial charge in [0, 0.05) is 18.2 Å². The van der Waals surface area contributed by atoms with E-state index < -0.39 is 16.0 Å². The second-order valence-electron chi connectivity index (χ2n) is 6.84. The zero-order valence-electron chi connectivity index (χ0n) is 17.0. The molecule has 1 aromatic heterocycles. The van der Waals surface area contributed by atoms with Crippen LogP contribution in [0.4, 0.5) is 5.69 Å². The van der Waals surface area contributed by atoms with Crippen molar-refractivity contribution < 1.29 is 27.1 Å². The number of esters is 1. The molecule has 0 fully saturated rings. The predicted octanol–water partition coefficient (Wildman–Crippen LogP) is 4.09. The van der Waals surface area contributed by atoms with Crippen molar-refractivity contribution in [3.63, 3.8) is 0 Å². The molecule has 1 N–H and O–H groups in total. The zero-order valence-corrected chi connectivity index (χ0v) is 17.8. The molecule has 29 heavy (non-hydrogen) atoms. The topological polar surface area (TPSA) is 94.8 Å². The number of hydrogen-bond donors (Lipinski definition) is 1. The summed E-state index contributed by atoms with van der Waals surface area (Å²) in [6.07, 6.45) is 0. The lowest BCUT2D eigenvalue weighted by Crippen LogP contribution is -2.14. The Morgan fingerprint density at radius 2 is 1.72 bits per heavy atom. The van der Waals surface area contributed by atoms with Gasteiger partial charge in [0.05, 0.1) is 12.0 Å². The first-order valence-electron chi connectivity index (χ1n) is 8.91. The van der Waals surface area contributed by atoms with Gasteiger partial charge in [-0.1, -0.05) is 6.07 Å². The van der Waals surface area contributed by atoms with E-state index in [2.05, 4.69) is 4.72 Å². The largest absolute Gasteiger partial charge is 0.465 e. The maximum absolute atomic E-state index is 13.0. The Morgan fingerprint density at radius 3 is 2.38 bits per heavy atom. The number of sulfonamides is 1. The van der Waals surface area contributed by atoms with Gasteiger partial charge in [0.15, 0.2) is 0 Å². The van der Waals surface area contributed by atoms with Gasteiger partial charge in [-0.3, -0.25) is 4.72 Å². The van der Waals surface area contributed by atoms with Gasteiger partial charge in [0.2, 0.25) is 0 Å². The SMILES string of the molecule is COCc1oc2ccc(NS(=O)(=O)c3cc(C)c(C)cc3C)cc2c1C(=O)OC. The summed E-state index contributed by atoms with van der Waals surface area (Å²) in [4.78, 5) is 12.4. The normalized spacial score (nSPS) is 11.6. The number of benzene rings is 2. The summed E-state index contributed by atoms with van der Waals surface area (Å²) >= 11 is 0. The molecule has 0 saturated carbocycles. The van der Waals surface area contributed by atoms with E-state index in [1.165, 1.54) is 14.2 Å². The summed E-state index contributed by atoms with van der Waals surface area (Å²) in [5, 5.41) is 0.445. The van der Waals surface area contributed by atoms with Crippen LogP contribution in [0.3, 0.4) is 0 Å². The number of nitrogens with one attached hydrogen (secondary N) is 1. The molecular formula is C21H23NO6S. The summed E-state index contributed by atoms with van der Waals surface area (Å²) in [6, 6.07) is 8.23. The molecule has 0 unspecified atom stereocenters. The maximum atomic E-state index is 13.0. The van der Waals surface area contributed by atoms with Gasteiger partial charge in [-0.05, 0) is 61.7 Å². The summed E-state index contributed by atoms with van der Waals surface area (Å²) in [5.41, 5.74) is 3.52. The van der Waals surface area contributed by atoms with Gasteiger partial charge in [-0.15, -0.1) is 0 Å². The van der Waals surface area contributed by atoms with Crippen molar-refractivity contribution >= 4 is 32.6 Å². The molecule has 0 radical (unpaired) electrons. The Balaban J connectivity index is 2.07. The quantitative estimate of drug-likeness (QED) is 0.607. The third-order valence-electron chi connectivity index (χ3n) is 4.76. The van der Waals surface area contributed by atoms with Crippen molar-refractivity contribution in [2.24, 2.45) is 0 Å². The zero-order chi connectivity index (χ0) is 21.3. The van der Waals surface area contributed by atoms with Crippen LogP contribution >= 0.6 is 0 Å². The summed E-state index contributed by atoms with van der Waals surface area (Å²) < 4.78 is 44.1. The van der Waals surface area contributed by atoms with Gasteiger partial charge >= 0.3 is 5.97 Å². The Kier molecular flexibility index (Phi) is 5.68. The van der Waals surface area contributed by atoms with E-state index in [0.717, 1.165) is 11.1 Å². The highest BCUT2D eigenvalue weighted by atomic mass is 32.2. The number of methoxy groups -OCH3 is 2. The molecular weight excluding hydrogens is 394 g/mol. The minimum absolute atomic E-state index is 0.0853. The minimum Gasteiger partial charge on any atom is -0.465 e. The Morgan fingerprint density at radius 1 is 1.03 bits per heavy atom. The average molecular weight is 417 g/mol. The van der Waals surface area contributed by atoms with Crippen LogP contribution in [0.1, 0.15) is 32.8 Å². The molecule has 7 nitrogen and oxygen atoms in total. The average Bonchev–Trinajstić information content (AvgIpc) is 3.01. The molecule has 3 rings (SSSR count). The Hall–Kier alpha value is -2.84. The molecule has 0 aliphatic heterocycles. The van der Waals surface area contributed by atoms with Crippen molar-refractivity contribution in [3.05, 3.63) is 58.3 Å². The van der Waals surface area contributed by atoms with Gasteiger partial charge < -0.3 is 13.9 Å². The van der Waals surface area contributed by atoms with Crippen molar-refractivity contribution in [3.8, 4) is 0 Å². The van der Waals surface area contributed by atoms with Crippen LogP contribution in [0.5, 0.6) is 0 Å². The minimum atomic E-state index is -3.82. The fourth-order valence-corrected chi connectivity index (χ4v) is 4.57. The first-order valence-corrected chi connectivity index (χ1v) is 10.4. The van der Waals surface area contributed by atoms with E-state index in [0.29, 0.717) is 28.0 Å². The third-order valence-corrected chi connectivity index (χ3v) is 6.28. The molecule has 0 saturated heterocycles. The van der Waals surface area contributed by atoms with Crippen LogP contribution in [0, 0.1) is 20.8 Å². The van der Waals surface area contributed by atoms with Crippen molar-refractivity contribution in [2.45, 2.75) is 32.3 Å². The fourth-order valence-electron chi connectivity index (χ4n) is 3.20. The number of carbonyl (C=O) groups excluding carboxylic acids is 1. The van der Waals surface area contributed by atoms with Crippen LogP contribution < -0.4 is 4.72 Å². The lowest BCUT2D eigenvalue weighted by atomic mass is 10.1. The van der Waals surface area contributed by atoms with Crippen LogP contribution in [0.15, 0.2) is 39.6 Å². The first-order chi connectivity index (χ1) is 13.7. The molecule has 0 aliphatic carbocycles. The Bertz CT molecular complexity index is 1190. The van der Waals surface area contributed by atoms with Crippen molar-refractivity contribution in [1.82, 2.24) is 0 Å². The van der Waals surface area contributed by atoms with E-state index in [1.54, 1.807) is 31.2 Å². The fraction of sp³-hybridized carbons (Fsp3) is 0.286. The smallest absolute Gasteiger partial charge is 0.342 e. The summed E-state index contributed by atoms with van der Waals surface area (Å²) in [7, 11) is -1.06. The highest BCUT2D eigenvalue weighted by Crippen LogP contribution is 2.31. The lowest BCUT2D eigenvalue weighted by Gasteiger charge is -2.13. The molecule has 2 aromatic carbocycles. The van der Waals surface area contributed by atoms with Crippen LogP contribution in [0.2, 0.25) is 0 Å². The predicted molar refractivity (Wildman–Crippen MR) is 110 cm³/mol. The van der Waals surface area contributed by atoms with E-state index >= 15 is 0 Å². The number of fused-ring (bicyclic) bond motifs is 1. The van der Waals surface area contributed by atoms with Crippen molar-refractivity contribution in [2.75, 3.05) is 18.9 Å². The number of anilines is 1. The molecule has 1 heterocycles. The molecule has 3 aromatic rings. The standard InChI is InChI=1S/C21H23NO6S/c1-12-8-14(3)19(9-13(12)2)29(24,25)22-15-6-7-17-16(10-15)20(21(23)27-5)18(28-17)11-26-4/h6-10,22H,11H2,1-5H3. The van der Waals surface area contributed by atoms with E-state index in [-0.39, 0.29) is 17.1 Å². The van der Waals surface area contributed by atoms with Crippen LogP contribution in [-0.4, -0.2) is 28.6 Å². The second-order valence-corrected chi connectivity index (χ2v) is 8.49. The Labute approximate surface area is 169 Å². The van der Waals surface area contributed by atoms with Crippen molar-refractivity contribution in [1.29, 1.82) is 0 Å². The number of aryl methyl sites for hydroxylation is 3. The summed E-state index contributed by atoms with van der Waals surface area (Å²) in [5.74, 6) is -0.264. The highest BCUT2D eigenvalue weighted by Gasteiger charge is 2.23. The van der Waals surface area contributed by atoms with Gasteiger partial charge in [-0.2, -0.15) is 0 Å². The molecule has 0 aliphatic rings. The van der Waals surface area contributed by atoms with Crippen LogP contribution in [-0.2, 0) is 26.1 Å². The lowest BCUT2D eigenvalue weighted by molar-refractivity contribution is 0.0594. The molecule has 8 heteroatoms. The molecule has 0 amide bonds. The number of carbonyl (C=O) groups is 1. The van der Waals surface area contributed by atoms with E-state index in [4.69, 9.17) is 13.9 Å². The van der Waals surface area contributed by atoms with E-state index in [9.17, 15) is 13.2 Å². The van der Waals surface area contributed by atoms with Gasteiger partial charge in [0.25, 0.3) is 10.0 Å². The number of hydrogen-bond acceptors (Lipinski definition) is 6. The number of ether oxygens (including phenoxy) is 2.